The number of aromatic nitrogens is 1. The molecule has 0 aromatic carbocycles. The van der Waals surface area contributed by atoms with Crippen LogP contribution in [0.4, 0.5) is 0 Å². The molecule has 2 aliphatic rings. The van der Waals surface area contributed by atoms with Gasteiger partial charge in [0.05, 0.1) is 5.51 Å². The van der Waals surface area contributed by atoms with E-state index in [1.54, 1.807) is 5.51 Å². The molecule has 1 aliphatic heterocycles. The highest BCUT2D eigenvalue weighted by Crippen LogP contribution is 2.25. The zero-order valence-corrected chi connectivity index (χ0v) is 12.0. The van der Waals surface area contributed by atoms with E-state index in [-0.39, 0.29) is 5.91 Å². The van der Waals surface area contributed by atoms with Gasteiger partial charge in [-0.25, -0.2) is 4.98 Å². The molecule has 0 bridgehead atoms. The zero-order chi connectivity index (χ0) is 13.1. The normalized spacial score (nSPS) is 25.6. The number of amides is 1. The number of thiazole rings is 1. The Morgan fingerprint density at radius 2 is 2.16 bits per heavy atom. The second-order valence-electron chi connectivity index (χ2n) is 5.62. The molecule has 1 atom stereocenters. The van der Waals surface area contributed by atoms with Crippen molar-refractivity contribution in [3.05, 3.63) is 16.6 Å². The van der Waals surface area contributed by atoms with Crippen LogP contribution in [0.25, 0.3) is 0 Å². The van der Waals surface area contributed by atoms with E-state index in [0.717, 1.165) is 25.6 Å². The van der Waals surface area contributed by atoms with Crippen molar-refractivity contribution in [3.63, 3.8) is 0 Å². The summed E-state index contributed by atoms with van der Waals surface area (Å²) in [7, 11) is 0. The number of nitrogens with one attached hydrogen (secondary N) is 1. The average Bonchev–Trinajstić information content (AvgIpc) is 3.11. The SMILES string of the molecule is O=C(NC1CCN(C2CCCCC2)C1)c1cscn1. The molecule has 1 aliphatic carbocycles. The summed E-state index contributed by atoms with van der Waals surface area (Å²) in [6, 6.07) is 1.06. The van der Waals surface area contributed by atoms with Crippen LogP contribution >= 0.6 is 11.3 Å². The summed E-state index contributed by atoms with van der Waals surface area (Å²) in [5, 5.41) is 4.92. The summed E-state index contributed by atoms with van der Waals surface area (Å²) in [4.78, 5) is 18.6. The lowest BCUT2D eigenvalue weighted by Gasteiger charge is -2.31. The maximum atomic E-state index is 12.0. The molecule has 2 heterocycles. The first kappa shape index (κ1) is 13.1. The van der Waals surface area contributed by atoms with Crippen LogP contribution in [0.2, 0.25) is 0 Å². The molecule has 3 rings (SSSR count). The van der Waals surface area contributed by atoms with Crippen LogP contribution in [0.15, 0.2) is 10.9 Å². The van der Waals surface area contributed by atoms with Crippen molar-refractivity contribution in [3.8, 4) is 0 Å². The Bertz CT molecular complexity index is 414. The molecule has 1 aromatic rings. The maximum absolute atomic E-state index is 12.0. The van der Waals surface area contributed by atoms with E-state index in [0.29, 0.717) is 11.7 Å². The van der Waals surface area contributed by atoms with E-state index in [9.17, 15) is 4.79 Å². The first-order valence-electron chi connectivity index (χ1n) is 7.26. The first-order chi connectivity index (χ1) is 9.33. The van der Waals surface area contributed by atoms with E-state index < -0.39 is 0 Å². The lowest BCUT2D eigenvalue weighted by atomic mass is 9.94. The van der Waals surface area contributed by atoms with Gasteiger partial charge in [-0.3, -0.25) is 9.69 Å². The molecule has 1 aromatic heterocycles. The van der Waals surface area contributed by atoms with Crippen molar-refractivity contribution in [2.75, 3.05) is 13.1 Å². The predicted octanol–water partition coefficient (Wildman–Crippen LogP) is 2.28. The van der Waals surface area contributed by atoms with Crippen LogP contribution in [-0.2, 0) is 0 Å². The molecule has 1 N–H and O–H groups in total. The Labute approximate surface area is 118 Å². The quantitative estimate of drug-likeness (QED) is 0.923. The second-order valence-corrected chi connectivity index (χ2v) is 6.34. The van der Waals surface area contributed by atoms with Gasteiger partial charge < -0.3 is 5.32 Å². The number of likely N-dealkylation sites (tertiary alicyclic amines) is 1. The van der Waals surface area contributed by atoms with Crippen molar-refractivity contribution in [2.45, 2.75) is 50.6 Å². The molecule has 1 saturated carbocycles. The molecular weight excluding hydrogens is 258 g/mol. The third kappa shape index (κ3) is 3.15. The van der Waals surface area contributed by atoms with Crippen LogP contribution in [-0.4, -0.2) is 41.0 Å². The summed E-state index contributed by atoms with van der Waals surface area (Å²) >= 11 is 1.47. The van der Waals surface area contributed by atoms with Gasteiger partial charge in [-0.15, -0.1) is 11.3 Å². The highest BCUT2D eigenvalue weighted by Gasteiger charge is 2.30. The number of carbonyl (C=O) groups excluding carboxylic acids is 1. The van der Waals surface area contributed by atoms with Gasteiger partial charge in [0.1, 0.15) is 5.69 Å². The molecule has 0 spiro atoms. The van der Waals surface area contributed by atoms with Crippen molar-refractivity contribution in [1.82, 2.24) is 15.2 Å². The van der Waals surface area contributed by atoms with E-state index in [1.165, 1.54) is 43.4 Å². The van der Waals surface area contributed by atoms with E-state index >= 15 is 0 Å². The van der Waals surface area contributed by atoms with Crippen molar-refractivity contribution < 1.29 is 4.79 Å². The Morgan fingerprint density at radius 1 is 1.32 bits per heavy atom. The fourth-order valence-corrected chi connectivity index (χ4v) is 3.80. The van der Waals surface area contributed by atoms with Gasteiger partial charge in [-0.1, -0.05) is 19.3 Å². The van der Waals surface area contributed by atoms with Crippen LogP contribution in [0, 0.1) is 0 Å². The van der Waals surface area contributed by atoms with Gasteiger partial charge in [-0.2, -0.15) is 0 Å². The van der Waals surface area contributed by atoms with Gasteiger partial charge in [0.15, 0.2) is 0 Å². The van der Waals surface area contributed by atoms with E-state index in [1.807, 2.05) is 5.38 Å². The zero-order valence-electron chi connectivity index (χ0n) is 11.2. The van der Waals surface area contributed by atoms with Crippen LogP contribution in [0.5, 0.6) is 0 Å². The number of hydrogen-bond acceptors (Lipinski definition) is 4. The van der Waals surface area contributed by atoms with Crippen molar-refractivity contribution in [1.29, 1.82) is 0 Å². The molecule has 2 fully saturated rings. The average molecular weight is 279 g/mol. The summed E-state index contributed by atoms with van der Waals surface area (Å²) in [5.41, 5.74) is 2.26. The van der Waals surface area contributed by atoms with Crippen LogP contribution < -0.4 is 5.32 Å². The Morgan fingerprint density at radius 3 is 2.89 bits per heavy atom. The summed E-state index contributed by atoms with van der Waals surface area (Å²) < 4.78 is 0. The first-order valence-corrected chi connectivity index (χ1v) is 8.20. The Kier molecular flexibility index (Phi) is 4.13. The second kappa shape index (κ2) is 6.01. The number of hydrogen-bond donors (Lipinski definition) is 1. The topological polar surface area (TPSA) is 45.2 Å². The maximum Gasteiger partial charge on any atom is 0.271 e. The highest BCUT2D eigenvalue weighted by atomic mass is 32.1. The largest absolute Gasteiger partial charge is 0.347 e. The standard InChI is InChI=1S/C14H21N3OS/c18-14(13-9-19-10-15-13)16-11-6-7-17(8-11)12-4-2-1-3-5-12/h9-12H,1-8H2,(H,16,18). The van der Waals surface area contributed by atoms with Crippen molar-refractivity contribution in [2.24, 2.45) is 0 Å². The molecule has 19 heavy (non-hydrogen) atoms. The third-order valence-corrected chi connectivity index (χ3v) is 4.90. The number of nitrogens with zero attached hydrogens (tertiary/aromatic N) is 2. The number of rotatable bonds is 3. The lowest BCUT2D eigenvalue weighted by Crippen LogP contribution is -2.40. The van der Waals surface area contributed by atoms with Gasteiger partial charge in [-0.05, 0) is 19.3 Å². The molecule has 1 unspecified atom stereocenters. The third-order valence-electron chi connectivity index (χ3n) is 4.31. The molecule has 5 heteroatoms. The predicted molar refractivity (Wildman–Crippen MR) is 76.4 cm³/mol. The molecule has 1 amide bonds. The number of carbonyl (C=O) groups is 1. The minimum atomic E-state index is -0.0169. The Hall–Kier alpha value is -0.940. The summed E-state index contributed by atoms with van der Waals surface area (Å²) in [5.74, 6) is -0.0169. The smallest absolute Gasteiger partial charge is 0.271 e. The molecule has 1 saturated heterocycles. The highest BCUT2D eigenvalue weighted by molar-refractivity contribution is 7.07. The van der Waals surface area contributed by atoms with E-state index in [4.69, 9.17) is 0 Å². The van der Waals surface area contributed by atoms with E-state index in [2.05, 4.69) is 15.2 Å². The van der Waals surface area contributed by atoms with Gasteiger partial charge >= 0.3 is 0 Å². The summed E-state index contributed by atoms with van der Waals surface area (Å²) in [6.07, 6.45) is 7.90. The van der Waals surface area contributed by atoms with Gasteiger partial charge in [0, 0.05) is 30.6 Å². The van der Waals surface area contributed by atoms with Gasteiger partial charge in [0.2, 0.25) is 0 Å². The monoisotopic (exact) mass is 279 g/mol. The lowest BCUT2D eigenvalue weighted by molar-refractivity contribution is 0.0930. The van der Waals surface area contributed by atoms with Crippen LogP contribution in [0.3, 0.4) is 0 Å². The van der Waals surface area contributed by atoms with Crippen LogP contribution in [0.1, 0.15) is 49.0 Å². The molecule has 104 valence electrons. The molecule has 0 radical (unpaired) electrons. The van der Waals surface area contributed by atoms with Gasteiger partial charge in [0.25, 0.3) is 5.91 Å². The van der Waals surface area contributed by atoms with Crippen molar-refractivity contribution >= 4 is 17.2 Å². The fraction of sp³-hybridized carbons (Fsp3) is 0.714. The molecule has 4 nitrogen and oxygen atoms in total. The fourth-order valence-electron chi connectivity index (χ4n) is 3.27. The minimum absolute atomic E-state index is 0.0169. The molecular formula is C14H21N3OS. The summed E-state index contributed by atoms with van der Waals surface area (Å²) in [6.45, 7) is 2.15. The Balaban J connectivity index is 1.50. The minimum Gasteiger partial charge on any atom is -0.347 e.